The van der Waals surface area contributed by atoms with Crippen molar-refractivity contribution in [2.75, 3.05) is 20.2 Å². The number of benzene rings is 1. The zero-order valence-electron chi connectivity index (χ0n) is 10.0. The van der Waals surface area contributed by atoms with E-state index >= 15 is 0 Å². The van der Waals surface area contributed by atoms with Gasteiger partial charge in [-0.05, 0) is 19.1 Å². The quantitative estimate of drug-likeness (QED) is 0.847. The summed E-state index contributed by atoms with van der Waals surface area (Å²) in [6.07, 6.45) is 0.0718. The molecule has 0 bridgehead atoms. The molecular formula is C12H18BrFN2O. The highest BCUT2D eigenvalue weighted by molar-refractivity contribution is 9.10. The van der Waals surface area contributed by atoms with Gasteiger partial charge in [0.1, 0.15) is 5.82 Å². The third kappa shape index (κ3) is 4.35. The van der Waals surface area contributed by atoms with Crippen LogP contribution >= 0.6 is 15.9 Å². The predicted octanol–water partition coefficient (Wildman–Crippen LogP) is 2.21. The minimum absolute atomic E-state index is 0.0718. The molecule has 0 saturated carbocycles. The van der Waals surface area contributed by atoms with Crippen LogP contribution in [0.4, 0.5) is 4.39 Å². The first kappa shape index (κ1) is 14.6. The van der Waals surface area contributed by atoms with Gasteiger partial charge in [-0.1, -0.05) is 22.0 Å². The summed E-state index contributed by atoms with van der Waals surface area (Å²) in [6, 6.07) is 4.80. The van der Waals surface area contributed by atoms with Gasteiger partial charge >= 0.3 is 0 Å². The summed E-state index contributed by atoms with van der Waals surface area (Å²) >= 11 is 3.23. The Labute approximate surface area is 110 Å². The highest BCUT2D eigenvalue weighted by Crippen LogP contribution is 2.20. The van der Waals surface area contributed by atoms with E-state index in [0.29, 0.717) is 18.7 Å². The minimum Gasteiger partial charge on any atom is -0.380 e. The Bertz CT molecular complexity index is 362. The third-order valence-electron chi connectivity index (χ3n) is 2.63. The first-order chi connectivity index (χ1) is 8.08. The van der Waals surface area contributed by atoms with Crippen LogP contribution in [-0.2, 0) is 4.74 Å². The number of nitrogens with two attached hydrogens (primary N) is 1. The number of nitrogens with one attached hydrogen (secondary N) is 1. The lowest BCUT2D eigenvalue weighted by atomic mass is 10.1. The molecule has 0 aliphatic carbocycles. The maximum absolute atomic E-state index is 13.7. The van der Waals surface area contributed by atoms with E-state index in [4.69, 9.17) is 10.5 Å². The number of rotatable bonds is 6. The summed E-state index contributed by atoms with van der Waals surface area (Å²) in [5.41, 5.74) is 6.24. The van der Waals surface area contributed by atoms with Crippen molar-refractivity contribution in [1.29, 1.82) is 0 Å². The topological polar surface area (TPSA) is 47.3 Å². The standard InChI is InChI=1S/C12H18BrFN2O/c1-8(17-2)7-16-12(6-15)10-4-3-9(13)5-11(10)14/h3-5,8,12,16H,6-7,15H2,1-2H3. The molecule has 0 spiro atoms. The van der Waals surface area contributed by atoms with Crippen molar-refractivity contribution in [2.45, 2.75) is 19.1 Å². The molecule has 5 heteroatoms. The van der Waals surface area contributed by atoms with Crippen molar-refractivity contribution in [3.63, 3.8) is 0 Å². The Kier molecular flexibility index (Phi) is 6.05. The Balaban J connectivity index is 2.72. The smallest absolute Gasteiger partial charge is 0.129 e. The molecule has 0 saturated heterocycles. The molecule has 1 rings (SSSR count). The summed E-state index contributed by atoms with van der Waals surface area (Å²) in [5.74, 6) is -0.257. The molecule has 0 amide bonds. The fraction of sp³-hybridized carbons (Fsp3) is 0.500. The van der Waals surface area contributed by atoms with Crippen LogP contribution in [0.2, 0.25) is 0 Å². The maximum atomic E-state index is 13.7. The molecule has 0 heterocycles. The molecule has 0 aromatic heterocycles. The fourth-order valence-corrected chi connectivity index (χ4v) is 1.83. The average Bonchev–Trinajstić information content (AvgIpc) is 2.31. The van der Waals surface area contributed by atoms with E-state index in [1.165, 1.54) is 6.07 Å². The summed E-state index contributed by atoms with van der Waals surface area (Å²) in [4.78, 5) is 0. The highest BCUT2D eigenvalue weighted by Gasteiger charge is 2.14. The molecule has 1 aromatic rings. The van der Waals surface area contributed by atoms with Crippen LogP contribution < -0.4 is 11.1 Å². The van der Waals surface area contributed by atoms with E-state index in [0.717, 1.165) is 4.47 Å². The largest absolute Gasteiger partial charge is 0.380 e. The van der Waals surface area contributed by atoms with Crippen LogP contribution in [0.25, 0.3) is 0 Å². The van der Waals surface area contributed by atoms with E-state index in [9.17, 15) is 4.39 Å². The molecule has 17 heavy (non-hydrogen) atoms. The molecule has 2 unspecified atom stereocenters. The van der Waals surface area contributed by atoms with E-state index in [1.807, 2.05) is 13.0 Å². The SMILES string of the molecule is COC(C)CNC(CN)c1ccc(Br)cc1F. The molecule has 3 N–H and O–H groups in total. The zero-order chi connectivity index (χ0) is 12.8. The Hall–Kier alpha value is -0.490. The van der Waals surface area contributed by atoms with Crippen molar-refractivity contribution in [2.24, 2.45) is 5.73 Å². The van der Waals surface area contributed by atoms with Crippen LogP contribution in [0, 0.1) is 5.82 Å². The number of methoxy groups -OCH3 is 1. The lowest BCUT2D eigenvalue weighted by molar-refractivity contribution is 0.114. The highest BCUT2D eigenvalue weighted by atomic mass is 79.9. The van der Waals surface area contributed by atoms with Crippen LogP contribution in [0.1, 0.15) is 18.5 Å². The van der Waals surface area contributed by atoms with Gasteiger partial charge < -0.3 is 15.8 Å². The van der Waals surface area contributed by atoms with Gasteiger partial charge in [0.05, 0.1) is 6.10 Å². The molecule has 96 valence electrons. The van der Waals surface area contributed by atoms with E-state index in [2.05, 4.69) is 21.2 Å². The predicted molar refractivity (Wildman–Crippen MR) is 70.4 cm³/mol. The lowest BCUT2D eigenvalue weighted by Gasteiger charge is -2.20. The van der Waals surface area contributed by atoms with Crippen molar-refractivity contribution in [3.05, 3.63) is 34.1 Å². The maximum Gasteiger partial charge on any atom is 0.129 e. The zero-order valence-corrected chi connectivity index (χ0v) is 11.6. The number of hydrogen-bond donors (Lipinski definition) is 2. The van der Waals surface area contributed by atoms with Gasteiger partial charge in [-0.15, -0.1) is 0 Å². The Morgan fingerprint density at radius 3 is 2.76 bits per heavy atom. The second kappa shape index (κ2) is 7.06. The summed E-state index contributed by atoms with van der Waals surface area (Å²) in [7, 11) is 1.64. The van der Waals surface area contributed by atoms with Crippen LogP contribution in [0.3, 0.4) is 0 Å². The van der Waals surface area contributed by atoms with E-state index in [1.54, 1.807) is 13.2 Å². The lowest BCUT2D eigenvalue weighted by Crippen LogP contribution is -2.34. The van der Waals surface area contributed by atoms with Gasteiger partial charge in [0.2, 0.25) is 0 Å². The van der Waals surface area contributed by atoms with Crippen LogP contribution in [0.15, 0.2) is 22.7 Å². The fourth-order valence-electron chi connectivity index (χ4n) is 1.50. The van der Waals surface area contributed by atoms with Crippen LogP contribution in [-0.4, -0.2) is 26.3 Å². The molecular weight excluding hydrogens is 287 g/mol. The van der Waals surface area contributed by atoms with Gasteiger partial charge in [0, 0.05) is 36.3 Å². The molecule has 2 atom stereocenters. The summed E-state index contributed by atoms with van der Waals surface area (Å²) < 4.78 is 19.6. The number of ether oxygens (including phenoxy) is 1. The number of halogens is 2. The van der Waals surface area contributed by atoms with Gasteiger partial charge in [0.15, 0.2) is 0 Å². The van der Waals surface area contributed by atoms with Gasteiger partial charge in [-0.3, -0.25) is 0 Å². The normalized spacial score (nSPS) is 14.6. The van der Waals surface area contributed by atoms with Crippen molar-refractivity contribution in [3.8, 4) is 0 Å². The molecule has 0 aliphatic heterocycles. The molecule has 3 nitrogen and oxygen atoms in total. The minimum atomic E-state index is -0.257. The summed E-state index contributed by atoms with van der Waals surface area (Å²) in [6.45, 7) is 2.92. The second-order valence-electron chi connectivity index (χ2n) is 3.91. The van der Waals surface area contributed by atoms with Gasteiger partial charge in [0.25, 0.3) is 0 Å². The van der Waals surface area contributed by atoms with E-state index in [-0.39, 0.29) is 18.0 Å². The molecule has 0 radical (unpaired) electrons. The number of hydrogen-bond acceptors (Lipinski definition) is 3. The second-order valence-corrected chi connectivity index (χ2v) is 4.82. The average molecular weight is 305 g/mol. The van der Waals surface area contributed by atoms with Crippen molar-refractivity contribution >= 4 is 15.9 Å². The molecule has 0 aliphatic rings. The Morgan fingerprint density at radius 2 is 2.24 bits per heavy atom. The first-order valence-electron chi connectivity index (χ1n) is 5.49. The molecule has 0 fully saturated rings. The Morgan fingerprint density at radius 1 is 1.53 bits per heavy atom. The summed E-state index contributed by atoms with van der Waals surface area (Å²) in [5, 5.41) is 3.19. The monoisotopic (exact) mass is 304 g/mol. The third-order valence-corrected chi connectivity index (χ3v) is 3.12. The van der Waals surface area contributed by atoms with Crippen LogP contribution in [0.5, 0.6) is 0 Å². The van der Waals surface area contributed by atoms with Crippen molar-refractivity contribution in [1.82, 2.24) is 5.32 Å². The molecule has 1 aromatic carbocycles. The first-order valence-corrected chi connectivity index (χ1v) is 6.29. The van der Waals surface area contributed by atoms with Crippen molar-refractivity contribution < 1.29 is 9.13 Å². The van der Waals surface area contributed by atoms with Gasteiger partial charge in [-0.25, -0.2) is 4.39 Å². The van der Waals surface area contributed by atoms with E-state index < -0.39 is 0 Å². The van der Waals surface area contributed by atoms with Gasteiger partial charge in [-0.2, -0.15) is 0 Å².